The molecule has 3 aliphatic rings. The van der Waals surface area contributed by atoms with Crippen LogP contribution in [0.4, 0.5) is 0 Å². The Morgan fingerprint density at radius 1 is 0.533 bits per heavy atom. The number of hydrogen-bond donors (Lipinski definition) is 0. The van der Waals surface area contributed by atoms with Gasteiger partial charge in [0.15, 0.2) is 0 Å². The first-order valence-corrected chi connectivity index (χ1v) is 20.0. The Hall–Kier alpha value is 0.320. The molecule has 0 amide bonds. The van der Waals surface area contributed by atoms with Crippen molar-refractivity contribution in [2.24, 2.45) is 0 Å². The van der Waals surface area contributed by atoms with E-state index >= 15 is 0 Å². The molecule has 3 fully saturated rings. The Morgan fingerprint density at radius 3 is 1.09 bits per heavy atom. The molecule has 0 N–H and O–H groups in total. The van der Waals surface area contributed by atoms with Crippen LogP contribution in [-0.4, -0.2) is 89.0 Å². The zero-order valence-corrected chi connectivity index (χ0v) is 29.6. The molecule has 3 aliphatic heterocycles. The molecule has 0 aromatic rings. The van der Waals surface area contributed by atoms with Crippen LogP contribution in [0, 0.1) is 0 Å². The molecule has 0 aliphatic carbocycles. The standard InChI is InChI=1S/C20H40O19P4.C2H6/c1-12-6-15(37-41(23,24)30-5)19(35-12)10-32-42(25,26)39-17-8-14(3)36-20(17)11-33-43(27,28)38-16-7-13(2)34-18(16)9-31-40(21,22)29-4;1-2/h12-20H,6-11H2,1-5H3,(H,21,22)(H,23,24)(H,25,26)(H,27,28);1-2H3/p-4. The molecule has 0 bridgehead atoms. The predicted molar refractivity (Wildman–Crippen MR) is 145 cm³/mol. The van der Waals surface area contributed by atoms with Gasteiger partial charge in [0.1, 0.15) is 18.3 Å². The fourth-order valence-corrected chi connectivity index (χ4v) is 7.64. The second-order valence-electron chi connectivity index (χ2n) is 10.1. The van der Waals surface area contributed by atoms with Gasteiger partial charge in [0.05, 0.1) is 56.4 Å². The van der Waals surface area contributed by atoms with Crippen LogP contribution in [0.3, 0.4) is 0 Å². The Balaban J connectivity index is 0.00000345. The summed E-state index contributed by atoms with van der Waals surface area (Å²) in [5.41, 5.74) is 0. The third kappa shape index (κ3) is 14.0. The van der Waals surface area contributed by atoms with Crippen LogP contribution in [0.1, 0.15) is 53.9 Å². The van der Waals surface area contributed by atoms with Gasteiger partial charge in [0.25, 0.3) is 31.3 Å². The van der Waals surface area contributed by atoms with Gasteiger partial charge in [0, 0.05) is 33.5 Å². The molecule has 45 heavy (non-hydrogen) atoms. The number of ether oxygens (including phenoxy) is 3. The van der Waals surface area contributed by atoms with Crippen LogP contribution in [0.2, 0.25) is 0 Å². The van der Waals surface area contributed by atoms with E-state index in [4.69, 9.17) is 36.8 Å². The molecule has 0 saturated carbocycles. The molecule has 13 atom stereocenters. The van der Waals surface area contributed by atoms with E-state index in [1.54, 1.807) is 20.8 Å². The molecular formula is C22H42O19P4-4. The van der Waals surface area contributed by atoms with Crippen molar-refractivity contribution < 1.29 is 88.2 Å². The summed E-state index contributed by atoms with van der Waals surface area (Å²) in [7, 11) is -17.5. The molecule has 3 saturated heterocycles. The summed E-state index contributed by atoms with van der Waals surface area (Å²) in [6.07, 6.45) is -8.00. The van der Waals surface area contributed by atoms with E-state index in [1.807, 2.05) is 13.8 Å². The molecule has 268 valence electrons. The SMILES string of the molecule is CC.COP(=O)([O-])OCC1OC(C)CC1OP(=O)([O-])OCC1OC(C)CC1OP(=O)([O-])OCC1OC(C)CC1OP(=O)([O-])OC. The molecule has 19 nitrogen and oxygen atoms in total. The minimum absolute atomic E-state index is 0.0334. The van der Waals surface area contributed by atoms with Crippen molar-refractivity contribution in [3.63, 3.8) is 0 Å². The smallest absolute Gasteiger partial charge is 0.268 e. The van der Waals surface area contributed by atoms with Gasteiger partial charge >= 0.3 is 0 Å². The maximum atomic E-state index is 12.6. The van der Waals surface area contributed by atoms with Crippen LogP contribution in [0.5, 0.6) is 0 Å². The topological polar surface area (TPSA) is 262 Å². The average Bonchev–Trinajstić information content (AvgIpc) is 3.60. The summed E-state index contributed by atoms with van der Waals surface area (Å²) < 4.78 is 103. The maximum Gasteiger partial charge on any atom is 0.268 e. The zero-order valence-electron chi connectivity index (χ0n) is 26.0. The van der Waals surface area contributed by atoms with Gasteiger partial charge in [-0.05, 0) is 20.8 Å². The quantitative estimate of drug-likeness (QED) is 0.188. The van der Waals surface area contributed by atoms with E-state index in [-0.39, 0.29) is 19.3 Å². The van der Waals surface area contributed by atoms with Gasteiger partial charge in [-0.2, -0.15) is 0 Å². The lowest BCUT2D eigenvalue weighted by molar-refractivity contribution is -0.237. The second kappa shape index (κ2) is 17.8. The van der Waals surface area contributed by atoms with Gasteiger partial charge in [-0.15, -0.1) is 0 Å². The predicted octanol–water partition coefficient (Wildman–Crippen LogP) is 0.917. The molecule has 13 unspecified atom stereocenters. The molecule has 0 spiro atoms. The van der Waals surface area contributed by atoms with E-state index in [9.17, 15) is 37.8 Å². The summed E-state index contributed by atoms with van der Waals surface area (Å²) in [5.74, 6) is 0. The average molecular weight is 734 g/mol. The van der Waals surface area contributed by atoms with Gasteiger partial charge in [-0.3, -0.25) is 18.3 Å². The first kappa shape index (κ1) is 41.5. The monoisotopic (exact) mass is 734 g/mol. The van der Waals surface area contributed by atoms with Crippen molar-refractivity contribution in [3.8, 4) is 0 Å². The maximum absolute atomic E-state index is 12.6. The lowest BCUT2D eigenvalue weighted by Gasteiger charge is -2.32. The van der Waals surface area contributed by atoms with Gasteiger partial charge in [-0.25, -0.2) is 0 Å². The summed E-state index contributed by atoms with van der Waals surface area (Å²) in [4.78, 5) is 48.3. The highest BCUT2D eigenvalue weighted by atomic mass is 31.2. The summed E-state index contributed by atoms with van der Waals surface area (Å²) >= 11 is 0. The van der Waals surface area contributed by atoms with Crippen LogP contribution in [0.15, 0.2) is 0 Å². The van der Waals surface area contributed by atoms with Crippen LogP contribution in [-0.2, 0) is 68.7 Å². The van der Waals surface area contributed by atoms with Gasteiger partial charge in [-0.1, -0.05) is 13.8 Å². The largest absolute Gasteiger partial charge is 0.756 e. The van der Waals surface area contributed by atoms with E-state index in [0.717, 1.165) is 14.2 Å². The highest BCUT2D eigenvalue weighted by Gasteiger charge is 2.41. The Labute approximate surface area is 262 Å². The van der Waals surface area contributed by atoms with Crippen LogP contribution in [0.25, 0.3) is 0 Å². The fraction of sp³-hybridized carbons (Fsp3) is 1.00. The number of phosphoric acid groups is 4. The lowest BCUT2D eigenvalue weighted by Crippen LogP contribution is -2.34. The fourth-order valence-electron chi connectivity index (χ4n) is 4.68. The molecule has 3 heterocycles. The van der Waals surface area contributed by atoms with Crippen molar-refractivity contribution in [2.45, 2.75) is 109 Å². The molecule has 3 rings (SSSR count). The number of phosphoric ester groups is 4. The highest BCUT2D eigenvalue weighted by molar-refractivity contribution is 7.46. The van der Waals surface area contributed by atoms with Crippen molar-refractivity contribution in [3.05, 3.63) is 0 Å². The normalized spacial score (nSPS) is 37.2. The molecule has 0 aromatic heterocycles. The third-order valence-corrected chi connectivity index (χ3v) is 10.5. The Kier molecular flexibility index (Phi) is 16.4. The minimum atomic E-state index is -5.06. The Bertz CT molecular complexity index is 1110. The number of hydrogen-bond acceptors (Lipinski definition) is 19. The first-order valence-electron chi connectivity index (χ1n) is 14.1. The first-order chi connectivity index (χ1) is 20.8. The molecular weight excluding hydrogens is 692 g/mol. The molecule has 0 aromatic carbocycles. The van der Waals surface area contributed by atoms with Crippen molar-refractivity contribution >= 4 is 31.3 Å². The highest BCUT2D eigenvalue weighted by Crippen LogP contribution is 2.48. The van der Waals surface area contributed by atoms with E-state index in [0.29, 0.717) is 0 Å². The molecule has 23 heteroatoms. The van der Waals surface area contributed by atoms with Crippen molar-refractivity contribution in [1.82, 2.24) is 0 Å². The minimum Gasteiger partial charge on any atom is -0.756 e. The number of rotatable bonds is 17. The Morgan fingerprint density at radius 2 is 0.800 bits per heavy atom. The zero-order chi connectivity index (χ0) is 34.2. The third-order valence-electron chi connectivity index (χ3n) is 6.59. The van der Waals surface area contributed by atoms with Crippen LogP contribution < -0.4 is 19.6 Å². The summed E-state index contributed by atoms with van der Waals surface area (Å²) in [6.45, 7) is 6.96. The summed E-state index contributed by atoms with van der Waals surface area (Å²) in [6, 6.07) is 0. The van der Waals surface area contributed by atoms with E-state index in [2.05, 4.69) is 13.6 Å². The molecule has 0 radical (unpaired) electrons. The van der Waals surface area contributed by atoms with Crippen LogP contribution >= 0.6 is 31.3 Å². The second-order valence-corrected chi connectivity index (χ2v) is 15.9. The van der Waals surface area contributed by atoms with Crippen molar-refractivity contribution in [2.75, 3.05) is 34.0 Å². The van der Waals surface area contributed by atoms with E-state index in [1.165, 1.54) is 0 Å². The summed E-state index contributed by atoms with van der Waals surface area (Å²) in [5, 5.41) is 0. The lowest BCUT2D eigenvalue weighted by atomic mass is 10.1. The van der Waals surface area contributed by atoms with Gasteiger partial charge < -0.3 is 70.0 Å². The van der Waals surface area contributed by atoms with Crippen molar-refractivity contribution in [1.29, 1.82) is 0 Å². The van der Waals surface area contributed by atoms with Gasteiger partial charge in [0.2, 0.25) is 0 Å². The van der Waals surface area contributed by atoms with E-state index < -0.39 is 106 Å².